The van der Waals surface area contributed by atoms with Gasteiger partial charge in [0.15, 0.2) is 0 Å². The zero-order valence-electron chi connectivity index (χ0n) is 5.95. The molecule has 4 heteroatoms. The molecule has 0 aromatic carbocycles. The van der Waals surface area contributed by atoms with Crippen LogP contribution in [0.4, 0.5) is 0 Å². The predicted molar refractivity (Wildman–Crippen MR) is 36.5 cm³/mol. The molecular weight excluding hydrogens is 134 g/mol. The lowest BCUT2D eigenvalue weighted by Gasteiger charge is -2.09. The standard InChI is InChI=1S/C6H13NO3/c1-4(6(9)10)2-5(8)3-7/h4-5,8H,2-3,7H2,1H3,(H,9,10)/t4-,5-/m1/s1. The summed E-state index contributed by atoms with van der Waals surface area (Å²) in [7, 11) is 0. The smallest absolute Gasteiger partial charge is 0.306 e. The minimum Gasteiger partial charge on any atom is -0.481 e. The summed E-state index contributed by atoms with van der Waals surface area (Å²) in [4.78, 5) is 10.2. The lowest BCUT2D eigenvalue weighted by Crippen LogP contribution is -2.25. The SMILES string of the molecule is C[C@H](C[C@@H](O)CN)C(=O)O. The predicted octanol–water partition coefficient (Wildman–Crippen LogP) is -0.583. The molecule has 0 aromatic rings. The number of aliphatic hydroxyl groups excluding tert-OH is 1. The average molecular weight is 147 g/mol. The zero-order valence-corrected chi connectivity index (χ0v) is 5.95. The minimum absolute atomic E-state index is 0.123. The van der Waals surface area contributed by atoms with Crippen LogP contribution in [-0.2, 0) is 4.79 Å². The first-order valence-electron chi connectivity index (χ1n) is 3.18. The number of nitrogens with two attached hydrogens (primary N) is 1. The van der Waals surface area contributed by atoms with E-state index in [0.29, 0.717) is 0 Å². The third-order valence-electron chi connectivity index (χ3n) is 1.32. The molecule has 0 saturated heterocycles. The summed E-state index contributed by atoms with van der Waals surface area (Å²) in [5.74, 6) is -1.41. The first-order chi connectivity index (χ1) is 4.57. The van der Waals surface area contributed by atoms with Crippen LogP contribution in [0.1, 0.15) is 13.3 Å². The van der Waals surface area contributed by atoms with Crippen molar-refractivity contribution in [3.8, 4) is 0 Å². The average Bonchev–Trinajstić information content (AvgIpc) is 1.87. The Bertz CT molecular complexity index is 116. The molecule has 0 radical (unpaired) electrons. The van der Waals surface area contributed by atoms with Gasteiger partial charge in [-0.2, -0.15) is 0 Å². The largest absolute Gasteiger partial charge is 0.481 e. The maximum atomic E-state index is 10.2. The molecule has 0 bridgehead atoms. The summed E-state index contributed by atoms with van der Waals surface area (Å²) >= 11 is 0. The number of hydrogen-bond acceptors (Lipinski definition) is 3. The van der Waals surface area contributed by atoms with Gasteiger partial charge in [-0.25, -0.2) is 0 Å². The molecule has 60 valence electrons. The highest BCUT2D eigenvalue weighted by Crippen LogP contribution is 2.04. The normalized spacial score (nSPS) is 16.3. The van der Waals surface area contributed by atoms with Gasteiger partial charge in [0, 0.05) is 6.54 Å². The van der Waals surface area contributed by atoms with Gasteiger partial charge in [-0.1, -0.05) is 6.92 Å². The summed E-state index contributed by atoms with van der Waals surface area (Å²) in [6.45, 7) is 1.67. The van der Waals surface area contributed by atoms with Crippen LogP contribution in [0, 0.1) is 5.92 Å². The van der Waals surface area contributed by atoms with E-state index in [1.165, 1.54) is 0 Å². The monoisotopic (exact) mass is 147 g/mol. The number of aliphatic carboxylic acids is 1. The van der Waals surface area contributed by atoms with Gasteiger partial charge in [-0.05, 0) is 6.42 Å². The van der Waals surface area contributed by atoms with Crippen molar-refractivity contribution in [2.75, 3.05) is 6.54 Å². The Morgan fingerprint density at radius 2 is 2.20 bits per heavy atom. The molecule has 0 saturated carbocycles. The van der Waals surface area contributed by atoms with Gasteiger partial charge in [0.25, 0.3) is 0 Å². The van der Waals surface area contributed by atoms with Gasteiger partial charge in [0.2, 0.25) is 0 Å². The van der Waals surface area contributed by atoms with E-state index in [0.717, 1.165) is 0 Å². The molecule has 0 rings (SSSR count). The number of hydrogen-bond donors (Lipinski definition) is 3. The Balaban J connectivity index is 3.56. The number of carbonyl (C=O) groups is 1. The van der Waals surface area contributed by atoms with E-state index in [1.807, 2.05) is 0 Å². The molecule has 0 aliphatic carbocycles. The second-order valence-corrected chi connectivity index (χ2v) is 2.36. The Morgan fingerprint density at radius 1 is 1.70 bits per heavy atom. The second kappa shape index (κ2) is 4.24. The fourth-order valence-electron chi connectivity index (χ4n) is 0.605. The first kappa shape index (κ1) is 9.39. The van der Waals surface area contributed by atoms with Gasteiger partial charge >= 0.3 is 5.97 Å². The maximum absolute atomic E-state index is 10.2. The van der Waals surface area contributed by atoms with E-state index >= 15 is 0 Å². The molecule has 4 nitrogen and oxygen atoms in total. The molecule has 0 amide bonds. The molecule has 10 heavy (non-hydrogen) atoms. The fourth-order valence-corrected chi connectivity index (χ4v) is 0.605. The van der Waals surface area contributed by atoms with Crippen LogP contribution in [-0.4, -0.2) is 28.8 Å². The molecule has 0 unspecified atom stereocenters. The first-order valence-corrected chi connectivity index (χ1v) is 3.18. The van der Waals surface area contributed by atoms with Crippen LogP contribution in [0.15, 0.2) is 0 Å². The van der Waals surface area contributed by atoms with Gasteiger partial charge in [0.05, 0.1) is 12.0 Å². The third-order valence-corrected chi connectivity index (χ3v) is 1.32. The molecule has 0 aliphatic heterocycles. The van der Waals surface area contributed by atoms with E-state index < -0.39 is 18.0 Å². The van der Waals surface area contributed by atoms with Crippen LogP contribution in [0.3, 0.4) is 0 Å². The maximum Gasteiger partial charge on any atom is 0.306 e. The molecular formula is C6H13NO3. The summed E-state index contributed by atoms with van der Waals surface area (Å²) in [6, 6.07) is 0. The van der Waals surface area contributed by atoms with Crippen molar-refractivity contribution >= 4 is 5.97 Å². The van der Waals surface area contributed by atoms with E-state index in [4.69, 9.17) is 15.9 Å². The van der Waals surface area contributed by atoms with Crippen molar-refractivity contribution in [1.82, 2.24) is 0 Å². The molecule has 4 N–H and O–H groups in total. The zero-order chi connectivity index (χ0) is 8.15. The lowest BCUT2D eigenvalue weighted by atomic mass is 10.0. The van der Waals surface area contributed by atoms with E-state index in [9.17, 15) is 4.79 Å². The summed E-state index contributed by atoms with van der Waals surface area (Å²) < 4.78 is 0. The van der Waals surface area contributed by atoms with Crippen molar-refractivity contribution in [2.24, 2.45) is 11.7 Å². The quantitative estimate of drug-likeness (QED) is 0.496. The van der Waals surface area contributed by atoms with E-state index in [-0.39, 0.29) is 13.0 Å². The highest BCUT2D eigenvalue weighted by atomic mass is 16.4. The molecule has 0 aromatic heterocycles. The van der Waals surface area contributed by atoms with Crippen molar-refractivity contribution in [3.05, 3.63) is 0 Å². The van der Waals surface area contributed by atoms with Crippen LogP contribution >= 0.6 is 0 Å². The van der Waals surface area contributed by atoms with Crippen molar-refractivity contribution in [3.63, 3.8) is 0 Å². The van der Waals surface area contributed by atoms with Crippen LogP contribution in [0.2, 0.25) is 0 Å². The van der Waals surface area contributed by atoms with Crippen molar-refractivity contribution < 1.29 is 15.0 Å². The van der Waals surface area contributed by atoms with Crippen LogP contribution < -0.4 is 5.73 Å². The van der Waals surface area contributed by atoms with Crippen LogP contribution in [0.5, 0.6) is 0 Å². The van der Waals surface area contributed by atoms with Crippen LogP contribution in [0.25, 0.3) is 0 Å². The third kappa shape index (κ3) is 3.42. The van der Waals surface area contributed by atoms with Gasteiger partial charge in [0.1, 0.15) is 0 Å². The highest BCUT2D eigenvalue weighted by molar-refractivity contribution is 5.69. The Kier molecular flexibility index (Phi) is 3.99. The molecule has 2 atom stereocenters. The Hall–Kier alpha value is -0.610. The molecule has 0 heterocycles. The van der Waals surface area contributed by atoms with Crippen molar-refractivity contribution in [2.45, 2.75) is 19.4 Å². The number of carboxylic acid groups (broad SMARTS) is 1. The Morgan fingerprint density at radius 3 is 2.50 bits per heavy atom. The Labute approximate surface area is 59.7 Å². The van der Waals surface area contributed by atoms with Gasteiger partial charge in [-0.3, -0.25) is 4.79 Å². The summed E-state index contributed by atoms with van der Waals surface area (Å²) in [5.41, 5.74) is 5.08. The summed E-state index contributed by atoms with van der Waals surface area (Å²) in [6.07, 6.45) is -0.461. The summed E-state index contributed by atoms with van der Waals surface area (Å²) in [5, 5.41) is 17.3. The van der Waals surface area contributed by atoms with Gasteiger partial charge in [-0.15, -0.1) is 0 Å². The van der Waals surface area contributed by atoms with Gasteiger partial charge < -0.3 is 15.9 Å². The van der Waals surface area contributed by atoms with Crippen molar-refractivity contribution in [1.29, 1.82) is 0 Å². The topological polar surface area (TPSA) is 83.5 Å². The molecule has 0 aliphatic rings. The van der Waals surface area contributed by atoms with E-state index in [2.05, 4.69) is 0 Å². The molecule has 0 spiro atoms. The second-order valence-electron chi connectivity index (χ2n) is 2.36. The van der Waals surface area contributed by atoms with E-state index in [1.54, 1.807) is 6.92 Å². The fraction of sp³-hybridized carbons (Fsp3) is 0.833. The highest BCUT2D eigenvalue weighted by Gasteiger charge is 2.14. The number of rotatable bonds is 4. The number of carboxylic acids is 1. The number of aliphatic hydroxyl groups is 1. The minimum atomic E-state index is -0.896. The lowest BCUT2D eigenvalue weighted by molar-refractivity contribution is -0.142. The molecule has 0 fully saturated rings.